The fourth-order valence-electron chi connectivity index (χ4n) is 1.74. The van der Waals surface area contributed by atoms with E-state index in [4.69, 9.17) is 0 Å². The zero-order chi connectivity index (χ0) is 16.0. The zero-order valence-electron chi connectivity index (χ0n) is 12.2. The van der Waals surface area contributed by atoms with E-state index in [1.165, 1.54) is 33.1 Å². The van der Waals surface area contributed by atoms with Gasteiger partial charge in [-0.2, -0.15) is 5.06 Å². The number of carbonyl (C=O) groups is 3. The third-order valence-electron chi connectivity index (χ3n) is 2.77. The van der Waals surface area contributed by atoms with E-state index in [1.807, 2.05) is 0 Å². The lowest BCUT2D eigenvalue weighted by Gasteiger charge is -2.16. The van der Waals surface area contributed by atoms with Gasteiger partial charge in [-0.15, -0.1) is 0 Å². The number of hydroxylamine groups is 1. The molecule has 2 amide bonds. The van der Waals surface area contributed by atoms with Gasteiger partial charge in [0.25, 0.3) is 0 Å². The minimum absolute atomic E-state index is 0.165. The highest BCUT2D eigenvalue weighted by Gasteiger charge is 2.13. The van der Waals surface area contributed by atoms with Gasteiger partial charge >= 0.3 is 5.97 Å². The molecular formula is C14H18N2O5. The van der Waals surface area contributed by atoms with Crippen LogP contribution in [0.1, 0.15) is 25.8 Å². The summed E-state index contributed by atoms with van der Waals surface area (Å²) in [6, 6.07) is 4.63. The number of carbonyl (C=O) groups excluding carboxylic acids is 3. The molecule has 0 heterocycles. The number of nitrogens with one attached hydrogen (secondary N) is 1. The van der Waals surface area contributed by atoms with Crippen LogP contribution in [0.25, 0.3) is 0 Å². The van der Waals surface area contributed by atoms with Gasteiger partial charge in [-0.25, -0.2) is 0 Å². The minimum Gasteiger partial charge on any atom is -0.469 e. The van der Waals surface area contributed by atoms with Crippen LogP contribution < -0.4 is 10.4 Å². The molecule has 0 unspecified atom stereocenters. The summed E-state index contributed by atoms with van der Waals surface area (Å²) in [6.45, 7) is 2.56. The average molecular weight is 294 g/mol. The summed E-state index contributed by atoms with van der Waals surface area (Å²) in [5.74, 6) is -1.20. The van der Waals surface area contributed by atoms with Crippen molar-refractivity contribution < 1.29 is 24.3 Å². The van der Waals surface area contributed by atoms with Crippen LogP contribution in [0.2, 0.25) is 0 Å². The van der Waals surface area contributed by atoms with E-state index in [0.29, 0.717) is 22.7 Å². The lowest BCUT2D eigenvalue weighted by Crippen LogP contribution is -2.24. The minimum atomic E-state index is -0.550. The van der Waals surface area contributed by atoms with E-state index in [2.05, 4.69) is 10.1 Å². The first kappa shape index (κ1) is 16.6. The van der Waals surface area contributed by atoms with Crippen LogP contribution in [0, 0.1) is 0 Å². The van der Waals surface area contributed by atoms with Gasteiger partial charge in [0.1, 0.15) is 0 Å². The van der Waals surface area contributed by atoms with Crippen molar-refractivity contribution in [3.05, 3.63) is 23.8 Å². The Balaban J connectivity index is 3.04. The first-order valence-corrected chi connectivity index (χ1v) is 6.32. The van der Waals surface area contributed by atoms with Gasteiger partial charge in [-0.1, -0.05) is 6.07 Å². The van der Waals surface area contributed by atoms with Crippen LogP contribution >= 0.6 is 0 Å². The van der Waals surface area contributed by atoms with Crippen molar-refractivity contribution in [3.8, 4) is 0 Å². The molecule has 0 aliphatic heterocycles. The third kappa shape index (κ3) is 4.88. The van der Waals surface area contributed by atoms with Crippen LogP contribution in [-0.4, -0.2) is 30.1 Å². The molecule has 0 saturated carbocycles. The normalized spacial score (nSPS) is 9.90. The van der Waals surface area contributed by atoms with E-state index < -0.39 is 5.91 Å². The van der Waals surface area contributed by atoms with Crippen LogP contribution in [0.5, 0.6) is 0 Å². The topological polar surface area (TPSA) is 95.9 Å². The average Bonchev–Trinajstić information content (AvgIpc) is 2.43. The molecule has 7 heteroatoms. The molecule has 21 heavy (non-hydrogen) atoms. The maximum Gasteiger partial charge on any atom is 0.305 e. The standard InChI is InChI=1S/C14H18N2O5/c1-9(17)15-13-8-12(16(20)10(2)18)6-4-11(13)5-7-14(19)21-3/h4,6,8,20H,5,7H2,1-3H3,(H,15,17). The molecule has 2 N–H and O–H groups in total. The highest BCUT2D eigenvalue weighted by Crippen LogP contribution is 2.24. The number of methoxy groups -OCH3 is 1. The summed E-state index contributed by atoms with van der Waals surface area (Å²) in [5.41, 5.74) is 1.37. The van der Waals surface area contributed by atoms with Gasteiger partial charge in [0.05, 0.1) is 12.8 Å². The summed E-state index contributed by atoms with van der Waals surface area (Å²) < 4.78 is 4.57. The number of aryl methyl sites for hydroxylation is 1. The van der Waals surface area contributed by atoms with Gasteiger partial charge < -0.3 is 10.1 Å². The highest BCUT2D eigenvalue weighted by atomic mass is 16.5. The third-order valence-corrected chi connectivity index (χ3v) is 2.77. The fourth-order valence-corrected chi connectivity index (χ4v) is 1.74. The number of nitrogens with zero attached hydrogens (tertiary/aromatic N) is 1. The van der Waals surface area contributed by atoms with E-state index in [-0.39, 0.29) is 24.0 Å². The molecule has 0 radical (unpaired) electrons. The maximum absolute atomic E-state index is 11.2. The maximum atomic E-state index is 11.2. The van der Waals surface area contributed by atoms with Crippen molar-refractivity contribution >= 4 is 29.2 Å². The molecule has 0 saturated heterocycles. The highest BCUT2D eigenvalue weighted by molar-refractivity contribution is 5.93. The van der Waals surface area contributed by atoms with E-state index in [9.17, 15) is 19.6 Å². The Hall–Kier alpha value is -2.41. The second-order valence-electron chi connectivity index (χ2n) is 4.43. The summed E-state index contributed by atoms with van der Waals surface area (Å²) in [7, 11) is 1.30. The summed E-state index contributed by atoms with van der Waals surface area (Å²) in [5, 5.41) is 12.7. The lowest BCUT2D eigenvalue weighted by atomic mass is 10.1. The van der Waals surface area contributed by atoms with Gasteiger partial charge in [-0.05, 0) is 24.1 Å². The SMILES string of the molecule is COC(=O)CCc1ccc(N(O)C(C)=O)cc1NC(C)=O. The Labute approximate surface area is 122 Å². The molecule has 114 valence electrons. The monoisotopic (exact) mass is 294 g/mol. The second kappa shape index (κ2) is 7.39. The van der Waals surface area contributed by atoms with Crippen LogP contribution in [0.4, 0.5) is 11.4 Å². The Morgan fingerprint density at radius 1 is 1.29 bits per heavy atom. The Bertz CT molecular complexity index is 556. The Kier molecular flexibility index (Phi) is 5.86. The van der Waals surface area contributed by atoms with Gasteiger partial charge in [0.2, 0.25) is 11.8 Å². The molecule has 0 aliphatic carbocycles. The lowest BCUT2D eigenvalue weighted by molar-refractivity contribution is -0.140. The van der Waals surface area contributed by atoms with Crippen molar-refractivity contribution in [3.63, 3.8) is 0 Å². The molecule has 1 aromatic carbocycles. The van der Waals surface area contributed by atoms with E-state index in [1.54, 1.807) is 6.07 Å². The smallest absolute Gasteiger partial charge is 0.305 e. The van der Waals surface area contributed by atoms with Crippen molar-refractivity contribution in [1.82, 2.24) is 0 Å². The quantitative estimate of drug-likeness (QED) is 0.487. The van der Waals surface area contributed by atoms with E-state index in [0.717, 1.165) is 0 Å². The Morgan fingerprint density at radius 2 is 1.95 bits per heavy atom. The first-order valence-electron chi connectivity index (χ1n) is 6.32. The molecule has 7 nitrogen and oxygen atoms in total. The van der Waals surface area contributed by atoms with Gasteiger partial charge in [0, 0.05) is 26.0 Å². The van der Waals surface area contributed by atoms with Gasteiger partial charge in [0.15, 0.2) is 0 Å². The summed E-state index contributed by atoms with van der Waals surface area (Å²) in [6.07, 6.45) is 0.534. The number of hydrogen-bond acceptors (Lipinski definition) is 5. The Morgan fingerprint density at radius 3 is 2.48 bits per heavy atom. The van der Waals surface area contributed by atoms with Crippen molar-refractivity contribution in [2.24, 2.45) is 0 Å². The number of esters is 1. The fraction of sp³-hybridized carbons (Fsp3) is 0.357. The zero-order valence-corrected chi connectivity index (χ0v) is 12.2. The molecule has 0 spiro atoms. The van der Waals surface area contributed by atoms with Crippen LogP contribution in [0.15, 0.2) is 18.2 Å². The number of amides is 2. The molecule has 1 rings (SSSR count). The number of benzene rings is 1. The number of hydrogen-bond donors (Lipinski definition) is 2. The van der Waals surface area contributed by atoms with Crippen LogP contribution in [-0.2, 0) is 25.5 Å². The van der Waals surface area contributed by atoms with E-state index >= 15 is 0 Å². The summed E-state index contributed by atoms with van der Waals surface area (Å²) in [4.78, 5) is 33.6. The van der Waals surface area contributed by atoms with Crippen molar-refractivity contribution in [2.75, 3.05) is 17.5 Å². The van der Waals surface area contributed by atoms with Crippen molar-refractivity contribution in [2.45, 2.75) is 26.7 Å². The molecular weight excluding hydrogens is 276 g/mol. The second-order valence-corrected chi connectivity index (χ2v) is 4.43. The molecule has 0 aliphatic rings. The van der Waals surface area contributed by atoms with Crippen molar-refractivity contribution in [1.29, 1.82) is 0 Å². The molecule has 0 fully saturated rings. The molecule has 0 bridgehead atoms. The van der Waals surface area contributed by atoms with Crippen LogP contribution in [0.3, 0.4) is 0 Å². The predicted molar refractivity (Wildman–Crippen MR) is 76.0 cm³/mol. The van der Waals surface area contributed by atoms with Gasteiger partial charge in [-0.3, -0.25) is 19.6 Å². The largest absolute Gasteiger partial charge is 0.469 e. The first-order chi connectivity index (χ1) is 9.85. The summed E-state index contributed by atoms with van der Waals surface area (Å²) >= 11 is 0. The number of rotatable bonds is 5. The predicted octanol–water partition coefficient (Wildman–Crippen LogP) is 1.49. The molecule has 1 aromatic rings. The number of ether oxygens (including phenoxy) is 1. The molecule has 0 atom stereocenters. The number of anilines is 2. The molecule has 0 aromatic heterocycles.